The Hall–Kier alpha value is -3.92. The van der Waals surface area contributed by atoms with Crippen molar-refractivity contribution in [1.82, 2.24) is 19.4 Å². The quantitative estimate of drug-likeness (QED) is 0.255. The van der Waals surface area contributed by atoms with Gasteiger partial charge in [0.25, 0.3) is 0 Å². The molecule has 4 aromatic rings. The first-order valence-corrected chi connectivity index (χ1v) is 15.1. The Bertz CT molecular complexity index is 1500. The molecule has 1 aliphatic heterocycles. The second-order valence-electron chi connectivity index (χ2n) is 11.4. The van der Waals surface area contributed by atoms with E-state index in [-0.39, 0.29) is 12.1 Å². The summed E-state index contributed by atoms with van der Waals surface area (Å²) in [5.74, 6) is 0.555. The first kappa shape index (κ1) is 28.6. The number of carbonyl (C=O) groups excluding carboxylic acids is 1. The van der Waals surface area contributed by atoms with E-state index >= 15 is 0 Å². The number of amides is 1. The van der Waals surface area contributed by atoms with Crippen molar-refractivity contribution < 1.29 is 9.53 Å². The van der Waals surface area contributed by atoms with Crippen LogP contribution in [0.1, 0.15) is 33.3 Å². The number of para-hydroxylation sites is 1. The van der Waals surface area contributed by atoms with Crippen molar-refractivity contribution in [3.05, 3.63) is 72.6 Å². The van der Waals surface area contributed by atoms with Gasteiger partial charge in [-0.3, -0.25) is 0 Å². The molecule has 41 heavy (non-hydrogen) atoms. The molecule has 0 spiro atoms. The van der Waals surface area contributed by atoms with Gasteiger partial charge in [-0.15, -0.1) is 0 Å². The summed E-state index contributed by atoms with van der Waals surface area (Å²) in [5, 5.41) is 4.36. The molecule has 5 rings (SSSR count). The lowest BCUT2D eigenvalue weighted by Gasteiger charge is -2.41. The highest BCUT2D eigenvalue weighted by Crippen LogP contribution is 2.27. The van der Waals surface area contributed by atoms with Gasteiger partial charge in [-0.25, -0.2) is 9.78 Å². The molecule has 9 nitrogen and oxygen atoms in total. The predicted octanol–water partition coefficient (Wildman–Crippen LogP) is 6.38. The van der Waals surface area contributed by atoms with Crippen LogP contribution in [-0.2, 0) is 11.3 Å². The molecule has 0 saturated carbocycles. The normalized spacial score (nSPS) is 15.7. The number of aromatic nitrogens is 3. The van der Waals surface area contributed by atoms with Crippen LogP contribution in [0.15, 0.2) is 67.0 Å². The van der Waals surface area contributed by atoms with Gasteiger partial charge in [0.1, 0.15) is 11.2 Å². The number of nitrogens with zero attached hydrogens (tertiary/aromatic N) is 6. The Morgan fingerprint density at radius 1 is 1.12 bits per heavy atom. The zero-order chi connectivity index (χ0) is 29.1. The molecule has 216 valence electrons. The molecule has 1 amide bonds. The van der Waals surface area contributed by atoms with Crippen LogP contribution in [0.4, 0.5) is 27.8 Å². The second kappa shape index (κ2) is 11.9. The summed E-state index contributed by atoms with van der Waals surface area (Å²) in [7, 11) is 2.08. The first-order chi connectivity index (χ1) is 19.6. The maximum Gasteiger partial charge on any atom is 0.410 e. The van der Waals surface area contributed by atoms with Crippen LogP contribution in [-0.4, -0.2) is 70.1 Å². The molecule has 1 saturated heterocycles. The lowest BCUT2D eigenvalue weighted by molar-refractivity contribution is 0.0159. The lowest BCUT2D eigenvalue weighted by Crippen LogP contribution is -2.55. The number of hydrogen-bond acceptors (Lipinski definition) is 8. The van der Waals surface area contributed by atoms with Crippen molar-refractivity contribution in [2.45, 2.75) is 45.9 Å². The Balaban J connectivity index is 1.25. The van der Waals surface area contributed by atoms with Gasteiger partial charge in [0, 0.05) is 68.1 Å². The fourth-order valence-corrected chi connectivity index (χ4v) is 5.44. The molecule has 1 fully saturated rings. The minimum Gasteiger partial charge on any atom is -0.444 e. The first-order valence-electron chi connectivity index (χ1n) is 13.9. The monoisotopic (exact) mass is 573 g/mol. The molecular weight excluding hydrogens is 534 g/mol. The maximum atomic E-state index is 12.6. The smallest absolute Gasteiger partial charge is 0.410 e. The molecule has 2 aromatic heterocycles. The van der Waals surface area contributed by atoms with E-state index in [4.69, 9.17) is 9.72 Å². The summed E-state index contributed by atoms with van der Waals surface area (Å²) in [4.78, 5) is 26.1. The summed E-state index contributed by atoms with van der Waals surface area (Å²) < 4.78 is 9.92. The standard InChI is InChI=1S/C31H39N7O2S/c1-22-20-36(17-18-38(22)30(39)40-31(2,3)4)26-13-11-25(12-14-26)33-29-32-19-23-15-16-37(28(23)34-29)21-24-9-7-8-10-27(24)35(5)41-6/h7-16,19,22H,17-18,20-21H2,1-6H3,(H,32,33,34). The fraction of sp³-hybridized carbons (Fsp3) is 0.387. The van der Waals surface area contributed by atoms with Gasteiger partial charge < -0.3 is 28.7 Å². The van der Waals surface area contributed by atoms with E-state index in [0.29, 0.717) is 12.5 Å². The molecule has 2 aromatic carbocycles. The van der Waals surface area contributed by atoms with Crippen LogP contribution in [0.25, 0.3) is 11.0 Å². The molecule has 3 heterocycles. The third-order valence-corrected chi connectivity index (χ3v) is 7.94. The highest BCUT2D eigenvalue weighted by molar-refractivity contribution is 7.99. The second-order valence-corrected chi connectivity index (χ2v) is 12.3. The Labute approximate surface area is 246 Å². The summed E-state index contributed by atoms with van der Waals surface area (Å²) in [5.41, 5.74) is 4.84. The van der Waals surface area contributed by atoms with Gasteiger partial charge in [-0.05, 0) is 69.7 Å². The Morgan fingerprint density at radius 2 is 1.88 bits per heavy atom. The van der Waals surface area contributed by atoms with Crippen LogP contribution in [0.2, 0.25) is 0 Å². The van der Waals surface area contributed by atoms with Crippen molar-refractivity contribution in [1.29, 1.82) is 0 Å². The van der Waals surface area contributed by atoms with Gasteiger partial charge >= 0.3 is 6.09 Å². The zero-order valence-corrected chi connectivity index (χ0v) is 25.5. The summed E-state index contributed by atoms with van der Waals surface area (Å²) in [6.45, 7) is 10.6. The lowest BCUT2D eigenvalue weighted by atomic mass is 10.1. The van der Waals surface area contributed by atoms with Crippen molar-refractivity contribution in [3.8, 4) is 0 Å². The minimum atomic E-state index is -0.496. The van der Waals surface area contributed by atoms with E-state index < -0.39 is 5.60 Å². The van der Waals surface area contributed by atoms with Gasteiger partial charge in [0.05, 0.1) is 12.2 Å². The zero-order valence-electron chi connectivity index (χ0n) is 24.7. The van der Waals surface area contributed by atoms with E-state index in [2.05, 4.69) is 93.0 Å². The molecule has 1 N–H and O–H groups in total. The largest absolute Gasteiger partial charge is 0.444 e. The molecule has 0 aliphatic carbocycles. The van der Waals surface area contributed by atoms with Crippen molar-refractivity contribution in [2.75, 3.05) is 47.5 Å². The van der Waals surface area contributed by atoms with Crippen LogP contribution < -0.4 is 14.5 Å². The highest BCUT2D eigenvalue weighted by atomic mass is 32.2. The molecular formula is C31H39N7O2S. The summed E-state index contributed by atoms with van der Waals surface area (Å²) in [6.07, 6.45) is 5.76. The van der Waals surface area contributed by atoms with E-state index in [0.717, 1.165) is 42.0 Å². The summed E-state index contributed by atoms with van der Waals surface area (Å²) >= 11 is 1.69. The van der Waals surface area contributed by atoms with Crippen LogP contribution in [0.5, 0.6) is 0 Å². The van der Waals surface area contributed by atoms with Crippen molar-refractivity contribution >= 4 is 52.1 Å². The SMILES string of the molecule is CSN(C)c1ccccc1Cn1ccc2cnc(Nc3ccc(N4CCN(C(=O)OC(C)(C)C)C(C)C4)cc3)nc21. The Kier molecular flexibility index (Phi) is 8.30. The van der Waals surface area contributed by atoms with Gasteiger partial charge in [0.15, 0.2) is 0 Å². The average molecular weight is 574 g/mol. The van der Waals surface area contributed by atoms with Crippen molar-refractivity contribution in [3.63, 3.8) is 0 Å². The third-order valence-electron chi connectivity index (χ3n) is 7.19. The van der Waals surface area contributed by atoms with Gasteiger partial charge in [-0.2, -0.15) is 4.98 Å². The number of hydrogen-bond donors (Lipinski definition) is 1. The van der Waals surface area contributed by atoms with Crippen LogP contribution in [0.3, 0.4) is 0 Å². The van der Waals surface area contributed by atoms with E-state index in [1.54, 1.807) is 11.9 Å². The van der Waals surface area contributed by atoms with Gasteiger partial charge in [0.2, 0.25) is 5.95 Å². The number of anilines is 4. The third kappa shape index (κ3) is 6.70. The van der Waals surface area contributed by atoms with E-state index in [1.165, 1.54) is 11.3 Å². The molecule has 0 bridgehead atoms. The van der Waals surface area contributed by atoms with Gasteiger partial charge in [-0.1, -0.05) is 30.1 Å². The van der Waals surface area contributed by atoms with E-state index in [1.807, 2.05) is 44.0 Å². The highest BCUT2D eigenvalue weighted by Gasteiger charge is 2.30. The Morgan fingerprint density at radius 3 is 2.59 bits per heavy atom. The molecule has 1 atom stereocenters. The predicted molar refractivity (Wildman–Crippen MR) is 169 cm³/mol. The molecule has 0 radical (unpaired) electrons. The number of benzene rings is 2. The number of nitrogens with one attached hydrogen (secondary N) is 1. The maximum absolute atomic E-state index is 12.6. The number of rotatable bonds is 7. The molecule has 1 unspecified atom stereocenters. The van der Waals surface area contributed by atoms with Crippen molar-refractivity contribution in [2.24, 2.45) is 0 Å². The topological polar surface area (TPSA) is 78.8 Å². The fourth-order valence-electron chi connectivity index (χ4n) is 5.06. The number of ether oxygens (including phenoxy) is 1. The molecule has 10 heteroatoms. The number of piperazine rings is 1. The van der Waals surface area contributed by atoms with Crippen LogP contribution in [0, 0.1) is 0 Å². The minimum absolute atomic E-state index is 0.0564. The number of carbonyl (C=O) groups is 1. The van der Waals surface area contributed by atoms with E-state index in [9.17, 15) is 4.79 Å². The summed E-state index contributed by atoms with van der Waals surface area (Å²) in [6, 6.07) is 18.8. The molecule has 1 aliphatic rings. The number of fused-ring (bicyclic) bond motifs is 1. The average Bonchev–Trinajstić information content (AvgIpc) is 3.34. The van der Waals surface area contributed by atoms with Crippen LogP contribution >= 0.6 is 11.9 Å².